The van der Waals surface area contributed by atoms with Gasteiger partial charge < -0.3 is 14.8 Å². The second-order valence-corrected chi connectivity index (χ2v) is 7.30. The molecular formula is C25H22FN3O3. The number of aliphatic hydroxyl groups excluding tert-OH is 1. The van der Waals surface area contributed by atoms with Crippen molar-refractivity contribution < 1.29 is 18.7 Å². The van der Waals surface area contributed by atoms with Crippen molar-refractivity contribution in [3.05, 3.63) is 94.5 Å². The number of anilines is 1. The summed E-state index contributed by atoms with van der Waals surface area (Å²) in [6.07, 6.45) is 2.37. The molecule has 2 aromatic heterocycles. The monoisotopic (exact) mass is 431 g/mol. The minimum Gasteiger partial charge on any atom is -0.436 e. The number of halogens is 1. The van der Waals surface area contributed by atoms with Crippen LogP contribution in [0.25, 0.3) is 11.0 Å². The molecule has 4 rings (SSSR count). The van der Waals surface area contributed by atoms with Crippen LogP contribution in [0.15, 0.2) is 70.2 Å². The summed E-state index contributed by atoms with van der Waals surface area (Å²) in [5.74, 6) is -1.13. The van der Waals surface area contributed by atoms with Gasteiger partial charge in [0, 0.05) is 17.1 Å². The van der Waals surface area contributed by atoms with Gasteiger partial charge in [0.2, 0.25) is 5.55 Å². The van der Waals surface area contributed by atoms with Crippen LogP contribution in [0.3, 0.4) is 0 Å². The lowest BCUT2D eigenvalue weighted by molar-refractivity contribution is 0.102. The highest BCUT2D eigenvalue weighted by Crippen LogP contribution is 2.22. The summed E-state index contributed by atoms with van der Waals surface area (Å²) in [7, 11) is 0. The largest absolute Gasteiger partial charge is 0.436 e. The molecule has 32 heavy (non-hydrogen) atoms. The molecule has 0 saturated carbocycles. The number of hydrogen-bond donors (Lipinski definition) is 2. The average Bonchev–Trinajstić information content (AvgIpc) is 2.81. The second-order valence-electron chi connectivity index (χ2n) is 7.30. The van der Waals surface area contributed by atoms with Crippen molar-refractivity contribution in [2.45, 2.75) is 26.9 Å². The number of aryl methyl sites for hydroxylation is 2. The van der Waals surface area contributed by atoms with E-state index in [0.29, 0.717) is 27.9 Å². The maximum atomic E-state index is 14.1. The number of carbonyl (C=O) groups is 1. The third kappa shape index (κ3) is 4.29. The number of nitrogens with zero attached hydrogens (tertiary/aromatic N) is 2. The number of hydrogen-bond acceptors (Lipinski definition) is 5. The van der Waals surface area contributed by atoms with Crippen LogP contribution in [-0.2, 0) is 13.0 Å². The number of carbonyl (C=O) groups excluding carboxylic acids is 1. The Morgan fingerprint density at radius 1 is 1.19 bits per heavy atom. The summed E-state index contributed by atoms with van der Waals surface area (Å²) in [5, 5.41) is 12.9. The Bertz CT molecular complexity index is 1380. The SMILES string of the molecule is CCc1cccc(N=c2oc3c(C)ncc(CO)c3cc2C(=O)Nc2ccccc2F)c1. The Kier molecular flexibility index (Phi) is 6.09. The van der Waals surface area contributed by atoms with Gasteiger partial charge in [0.05, 0.1) is 23.7 Å². The smallest absolute Gasteiger partial charge is 0.261 e. The third-order valence-corrected chi connectivity index (χ3v) is 5.14. The topological polar surface area (TPSA) is 87.7 Å². The predicted octanol–water partition coefficient (Wildman–Crippen LogP) is 4.81. The molecule has 0 unspecified atom stereocenters. The van der Waals surface area contributed by atoms with Crippen LogP contribution < -0.4 is 10.9 Å². The van der Waals surface area contributed by atoms with Crippen molar-refractivity contribution in [3.63, 3.8) is 0 Å². The summed E-state index contributed by atoms with van der Waals surface area (Å²) in [5.41, 5.74) is 3.46. The summed E-state index contributed by atoms with van der Waals surface area (Å²) >= 11 is 0. The van der Waals surface area contributed by atoms with Crippen LogP contribution >= 0.6 is 0 Å². The first-order valence-corrected chi connectivity index (χ1v) is 10.2. The Hall–Kier alpha value is -3.84. The molecule has 0 bridgehead atoms. The standard InChI is InChI=1S/C25H22FN3O3/c1-3-16-7-6-8-18(11-16)28-25-20(24(31)29-22-10-5-4-9-21(22)26)12-19-17(14-30)13-27-15(2)23(19)32-25/h4-13,30H,3,14H2,1-2H3,(H,29,31). The van der Waals surface area contributed by atoms with Crippen LogP contribution in [0, 0.1) is 12.7 Å². The first kappa shape index (κ1) is 21.4. The molecule has 4 aromatic rings. The van der Waals surface area contributed by atoms with Crippen molar-refractivity contribution >= 4 is 28.3 Å². The van der Waals surface area contributed by atoms with Crippen molar-refractivity contribution in [2.75, 3.05) is 5.32 Å². The maximum absolute atomic E-state index is 14.1. The van der Waals surface area contributed by atoms with Gasteiger partial charge in [-0.3, -0.25) is 9.78 Å². The van der Waals surface area contributed by atoms with Crippen LogP contribution in [-0.4, -0.2) is 16.0 Å². The lowest BCUT2D eigenvalue weighted by Gasteiger charge is -2.10. The molecule has 7 heteroatoms. The van der Waals surface area contributed by atoms with Gasteiger partial charge in [-0.05, 0) is 49.2 Å². The number of fused-ring (bicyclic) bond motifs is 1. The minimum absolute atomic E-state index is 0.0461. The van der Waals surface area contributed by atoms with E-state index in [2.05, 4.69) is 15.3 Å². The third-order valence-electron chi connectivity index (χ3n) is 5.14. The van der Waals surface area contributed by atoms with Gasteiger partial charge in [0.25, 0.3) is 5.91 Å². The highest BCUT2D eigenvalue weighted by atomic mass is 19.1. The van der Waals surface area contributed by atoms with Crippen molar-refractivity contribution in [2.24, 2.45) is 4.99 Å². The number of aromatic nitrogens is 1. The zero-order valence-electron chi connectivity index (χ0n) is 17.7. The molecule has 0 radical (unpaired) electrons. The molecular weight excluding hydrogens is 409 g/mol. The Labute approximate surface area is 184 Å². The molecule has 6 nitrogen and oxygen atoms in total. The zero-order chi connectivity index (χ0) is 22.7. The van der Waals surface area contributed by atoms with E-state index in [1.165, 1.54) is 18.3 Å². The molecule has 162 valence electrons. The summed E-state index contributed by atoms with van der Waals surface area (Å²) < 4.78 is 20.2. The highest BCUT2D eigenvalue weighted by Gasteiger charge is 2.17. The van der Waals surface area contributed by atoms with Gasteiger partial charge in [0.15, 0.2) is 5.58 Å². The van der Waals surface area contributed by atoms with E-state index < -0.39 is 11.7 Å². The lowest BCUT2D eigenvalue weighted by atomic mass is 10.1. The molecule has 0 fully saturated rings. The van der Waals surface area contributed by atoms with E-state index in [-0.39, 0.29) is 23.4 Å². The average molecular weight is 431 g/mol. The lowest BCUT2D eigenvalue weighted by Crippen LogP contribution is -2.22. The summed E-state index contributed by atoms with van der Waals surface area (Å²) in [6.45, 7) is 3.54. The normalized spacial score (nSPS) is 11.7. The van der Waals surface area contributed by atoms with E-state index in [0.717, 1.165) is 12.0 Å². The number of nitrogens with one attached hydrogen (secondary N) is 1. The van der Waals surface area contributed by atoms with E-state index in [1.54, 1.807) is 25.1 Å². The van der Waals surface area contributed by atoms with Gasteiger partial charge >= 0.3 is 0 Å². The quantitative estimate of drug-likeness (QED) is 0.474. The summed E-state index contributed by atoms with van der Waals surface area (Å²) in [6, 6.07) is 15.1. The molecule has 0 aliphatic rings. The number of pyridine rings is 1. The fourth-order valence-corrected chi connectivity index (χ4v) is 3.38. The molecule has 2 heterocycles. The van der Waals surface area contributed by atoms with E-state index >= 15 is 0 Å². The molecule has 2 N–H and O–H groups in total. The molecule has 0 aliphatic carbocycles. The van der Waals surface area contributed by atoms with Crippen molar-refractivity contribution in [3.8, 4) is 0 Å². The molecule has 0 atom stereocenters. The van der Waals surface area contributed by atoms with E-state index in [1.807, 2.05) is 31.2 Å². The van der Waals surface area contributed by atoms with E-state index in [9.17, 15) is 14.3 Å². The maximum Gasteiger partial charge on any atom is 0.261 e. The molecule has 1 amide bonds. The van der Waals surface area contributed by atoms with Gasteiger partial charge in [0.1, 0.15) is 11.4 Å². The summed E-state index contributed by atoms with van der Waals surface area (Å²) in [4.78, 5) is 22.0. The number of aliphatic hydroxyl groups is 1. The van der Waals surface area contributed by atoms with Crippen LogP contribution in [0.1, 0.15) is 34.1 Å². The fourth-order valence-electron chi connectivity index (χ4n) is 3.38. The van der Waals surface area contributed by atoms with Crippen molar-refractivity contribution in [1.82, 2.24) is 4.98 Å². The first-order chi connectivity index (χ1) is 15.5. The predicted molar refractivity (Wildman–Crippen MR) is 120 cm³/mol. The highest BCUT2D eigenvalue weighted by molar-refractivity contribution is 6.05. The number of rotatable bonds is 5. The minimum atomic E-state index is -0.579. The molecule has 0 spiro atoms. The van der Waals surface area contributed by atoms with Crippen LogP contribution in [0.4, 0.5) is 15.8 Å². The molecule has 2 aromatic carbocycles. The van der Waals surface area contributed by atoms with Gasteiger partial charge in [-0.25, -0.2) is 9.38 Å². The Morgan fingerprint density at radius 3 is 2.75 bits per heavy atom. The number of benzene rings is 2. The Balaban J connectivity index is 1.94. The second kappa shape index (κ2) is 9.11. The number of amides is 1. The van der Waals surface area contributed by atoms with E-state index in [4.69, 9.17) is 4.42 Å². The molecule has 0 saturated heterocycles. The Morgan fingerprint density at radius 2 is 2.00 bits per heavy atom. The first-order valence-electron chi connectivity index (χ1n) is 10.2. The van der Waals surface area contributed by atoms with Crippen molar-refractivity contribution in [1.29, 1.82) is 0 Å². The zero-order valence-corrected chi connectivity index (χ0v) is 17.7. The molecule has 0 aliphatic heterocycles. The van der Waals surface area contributed by atoms with Crippen LogP contribution in [0.5, 0.6) is 0 Å². The van der Waals surface area contributed by atoms with Gasteiger partial charge in [-0.15, -0.1) is 0 Å². The van der Waals surface area contributed by atoms with Gasteiger partial charge in [-0.2, -0.15) is 0 Å². The van der Waals surface area contributed by atoms with Crippen LogP contribution in [0.2, 0.25) is 0 Å². The fraction of sp³-hybridized carbons (Fsp3) is 0.160. The number of para-hydroxylation sites is 1. The van der Waals surface area contributed by atoms with Gasteiger partial charge in [-0.1, -0.05) is 31.2 Å².